The van der Waals surface area contributed by atoms with E-state index in [1.807, 2.05) is 159 Å². The molecule has 0 aromatic heterocycles. The zero-order valence-electron chi connectivity index (χ0n) is 49.3. The molecule has 4 N–H and O–H groups in total. The quantitative estimate of drug-likeness (QED) is 0.0289. The van der Waals surface area contributed by atoms with Gasteiger partial charge in [-0.05, 0) is 233 Å². The number of allylic oxidation sites excluding steroid dienone is 6. The molecule has 0 aliphatic heterocycles. The molecule has 9 aromatic rings. The average Bonchev–Trinajstić information content (AvgIpc) is 1.04. The summed E-state index contributed by atoms with van der Waals surface area (Å²) >= 11 is 25.5. The molecule has 0 unspecified atom stereocenters. The largest absolute Gasteiger partial charge is 0.507 e. The Morgan fingerprint density at radius 1 is 0.352 bits per heavy atom. The van der Waals surface area contributed by atoms with Crippen molar-refractivity contribution < 1.29 is 29.9 Å². The third-order valence-electron chi connectivity index (χ3n) is 13.9. The third kappa shape index (κ3) is 19.0. The van der Waals surface area contributed by atoms with E-state index in [2.05, 4.69) is 114 Å². The summed E-state index contributed by atoms with van der Waals surface area (Å²) in [5.41, 5.74) is 11.2. The van der Waals surface area contributed by atoms with Gasteiger partial charge in [0.1, 0.15) is 55.9 Å². The van der Waals surface area contributed by atoms with E-state index >= 15 is 0 Å². The maximum Gasteiger partial charge on any atom is 0.210 e. The summed E-state index contributed by atoms with van der Waals surface area (Å²) in [6.45, 7) is 24.8. The van der Waals surface area contributed by atoms with Gasteiger partial charge in [-0.15, -0.1) is 39.5 Å². The van der Waals surface area contributed by atoms with Gasteiger partial charge < -0.3 is 29.9 Å². The van der Waals surface area contributed by atoms with E-state index in [1.54, 1.807) is 24.3 Å². The second-order valence-corrected chi connectivity index (χ2v) is 26.4. The van der Waals surface area contributed by atoms with Gasteiger partial charge in [0, 0.05) is 53.8 Å². The molecule has 452 valence electrons. The van der Waals surface area contributed by atoms with Crippen LogP contribution in [0.3, 0.4) is 0 Å². The van der Waals surface area contributed by atoms with Crippen LogP contribution in [-0.4, -0.2) is 37.6 Å². The van der Waals surface area contributed by atoms with Gasteiger partial charge in [-0.25, -0.2) is 0 Å². The monoisotopic (exact) mass is 1380 g/mol. The molecule has 0 fully saturated rings. The molecule has 9 aromatic carbocycles. The number of halogens is 5. The molecule has 0 aliphatic carbocycles. The molecule has 0 heterocycles. The van der Waals surface area contributed by atoms with Crippen molar-refractivity contribution in [1.29, 1.82) is 0 Å². The second-order valence-electron chi connectivity index (χ2n) is 20.1. The molecule has 6 nitrogen and oxygen atoms in total. The summed E-state index contributed by atoms with van der Waals surface area (Å²) in [5.74, 6) is 2.13. The molecule has 0 aliphatic rings. The lowest BCUT2D eigenvalue weighted by Gasteiger charge is -2.28. The Bertz CT molecular complexity index is 3640. The van der Waals surface area contributed by atoms with Crippen molar-refractivity contribution in [3.05, 3.63) is 306 Å². The normalized spacial score (nSPS) is 10.6. The molecule has 12 heteroatoms. The fourth-order valence-corrected chi connectivity index (χ4v) is 14.0. The fourth-order valence-electron chi connectivity index (χ4n) is 9.77. The topological polar surface area (TPSA) is 99.4 Å². The molecule has 88 heavy (non-hydrogen) atoms. The smallest absolute Gasteiger partial charge is 0.210 e. The molecule has 0 radical (unpaired) electrons. The number of aromatic hydroxyl groups is 4. The Labute approximate surface area is 552 Å². The van der Waals surface area contributed by atoms with Crippen molar-refractivity contribution in [3.63, 3.8) is 0 Å². The number of alkyl halides is 2. The predicted molar refractivity (Wildman–Crippen MR) is 385 cm³/mol. The van der Waals surface area contributed by atoms with Gasteiger partial charge in [-0.2, -0.15) is 0 Å². The first kappa shape index (κ1) is 69.6. The van der Waals surface area contributed by atoms with Crippen LogP contribution in [0.25, 0.3) is 33.4 Å². The van der Waals surface area contributed by atoms with Crippen LogP contribution in [0, 0.1) is 0 Å². The highest BCUT2D eigenvalue weighted by atomic mass is 79.9. The number of benzene rings is 9. The lowest BCUT2D eigenvalue weighted by atomic mass is 9.97. The second kappa shape index (κ2) is 35.5. The van der Waals surface area contributed by atoms with Crippen molar-refractivity contribution in [2.45, 2.75) is 45.4 Å². The summed E-state index contributed by atoms with van der Waals surface area (Å²) in [7, 11) is -2.44. The number of hydrogen-bond donors (Lipinski definition) is 4. The van der Waals surface area contributed by atoms with Crippen LogP contribution in [0.15, 0.2) is 258 Å². The zero-order chi connectivity index (χ0) is 63.6. The molecule has 0 saturated heterocycles. The first-order valence-corrected chi connectivity index (χ1v) is 33.7. The van der Waals surface area contributed by atoms with Gasteiger partial charge in [-0.3, -0.25) is 0 Å². The Kier molecular flexibility index (Phi) is 28.0. The van der Waals surface area contributed by atoms with Gasteiger partial charge >= 0.3 is 0 Å². The van der Waals surface area contributed by atoms with Crippen molar-refractivity contribution in [2.75, 3.05) is 17.2 Å². The first-order valence-electron chi connectivity index (χ1n) is 28.3. The highest BCUT2D eigenvalue weighted by Crippen LogP contribution is 2.56. The Morgan fingerprint density at radius 2 is 0.580 bits per heavy atom. The fraction of sp³-hybridized carbons (Fsp3) is 0.132. The zero-order valence-corrected chi connectivity index (χ0v) is 55.7. The van der Waals surface area contributed by atoms with Crippen molar-refractivity contribution in [1.82, 2.24) is 0 Å². The number of hydrogen-bond acceptors (Lipinski definition) is 6. The predicted octanol–water partition coefficient (Wildman–Crippen LogP) is 20.7. The van der Waals surface area contributed by atoms with Gasteiger partial charge in [0.25, 0.3) is 0 Å². The number of phenolic OH excluding ortho intramolecular Hbond substituents is 4. The standard InChI is InChI=1S/C37H30Cl3O2P.C19H19BrO2.C18H18O2.C2H5Br/c1-3-5-26-7-21-36(41)34(23-26)35-24-27(6-4-2)8-22-37(35)42-25-43(31-15-9-28(38)10-16-31,32-17-11-29(39)12-18-32)33-19-13-30(40)14-20-33;1-3-5-14-7-9-18(21)16(11-14)17-12-15(6-4-2)8-10-19(17)22-13-20;1-3-5-13-7-9-17(19)15(11-13)16-12-14(6-4-2)8-10-18(16)20;1-2-3/h3-4,7-24H,1-2,5-6,25H2;3-4,7-12,21H,1-2,5-6,13H2;3-4,7-12,19-20H,1-2,5-6H2;2H2,1H3/p+1. The summed E-state index contributed by atoms with van der Waals surface area (Å²) in [4.78, 5) is 0. The molecule has 0 saturated carbocycles. The minimum atomic E-state index is -2.44. The number of ether oxygens (including phenoxy) is 2. The van der Waals surface area contributed by atoms with E-state index < -0.39 is 7.26 Å². The minimum absolute atomic E-state index is 0.156. The van der Waals surface area contributed by atoms with E-state index in [0.717, 1.165) is 103 Å². The third-order valence-corrected chi connectivity index (χ3v) is 18.9. The van der Waals surface area contributed by atoms with Crippen LogP contribution in [0.1, 0.15) is 40.3 Å². The number of phenols is 4. The van der Waals surface area contributed by atoms with E-state index in [4.69, 9.17) is 44.3 Å². The van der Waals surface area contributed by atoms with E-state index in [-0.39, 0.29) is 23.0 Å². The summed E-state index contributed by atoms with van der Waals surface area (Å²) < 4.78 is 12.5. The van der Waals surface area contributed by atoms with Crippen LogP contribution in [0.2, 0.25) is 15.1 Å². The van der Waals surface area contributed by atoms with Crippen LogP contribution in [-0.2, 0) is 38.5 Å². The summed E-state index contributed by atoms with van der Waals surface area (Å²) in [6, 6.07) is 57.9. The maximum absolute atomic E-state index is 11.0. The van der Waals surface area contributed by atoms with E-state index in [9.17, 15) is 20.4 Å². The van der Waals surface area contributed by atoms with Crippen LogP contribution in [0.5, 0.6) is 34.5 Å². The van der Waals surface area contributed by atoms with Gasteiger partial charge in [0.15, 0.2) is 7.26 Å². The van der Waals surface area contributed by atoms with Crippen molar-refractivity contribution in [3.8, 4) is 67.9 Å². The average molecular weight is 1380 g/mol. The van der Waals surface area contributed by atoms with Gasteiger partial charge in [0.05, 0.1) is 0 Å². The molecular formula is C76H73Br2Cl3O6P+. The lowest BCUT2D eigenvalue weighted by molar-refractivity contribution is 0.389. The lowest BCUT2D eigenvalue weighted by Crippen LogP contribution is -2.35. The van der Waals surface area contributed by atoms with Crippen LogP contribution in [0.4, 0.5) is 0 Å². The Morgan fingerprint density at radius 3 is 0.830 bits per heavy atom. The molecular weight excluding hydrogens is 1310 g/mol. The highest BCUT2D eigenvalue weighted by molar-refractivity contribution is 9.09. The molecule has 0 bridgehead atoms. The van der Waals surface area contributed by atoms with Crippen molar-refractivity contribution in [2.24, 2.45) is 0 Å². The minimum Gasteiger partial charge on any atom is -0.507 e. The van der Waals surface area contributed by atoms with Crippen LogP contribution < -0.4 is 25.4 Å². The molecule has 0 spiro atoms. The highest BCUT2D eigenvalue weighted by Gasteiger charge is 2.47. The molecule has 0 amide bonds. The molecule has 0 atom stereocenters. The maximum atomic E-state index is 11.0. The van der Waals surface area contributed by atoms with Crippen molar-refractivity contribution >= 4 is 89.8 Å². The number of rotatable bonds is 23. The Hall–Kier alpha value is -7.52. The summed E-state index contributed by atoms with van der Waals surface area (Å²) in [5, 5.41) is 47.7. The Balaban J connectivity index is 0.000000229. The van der Waals surface area contributed by atoms with Gasteiger partial charge in [0.2, 0.25) is 6.35 Å². The molecule has 9 rings (SSSR count). The summed E-state index contributed by atoms with van der Waals surface area (Å²) in [6.07, 6.45) is 15.7. The van der Waals surface area contributed by atoms with E-state index in [1.165, 1.54) is 0 Å². The van der Waals surface area contributed by atoms with Gasteiger partial charge in [-0.1, -0.05) is 131 Å². The first-order chi connectivity index (χ1) is 42.6. The van der Waals surface area contributed by atoms with E-state index in [0.29, 0.717) is 62.2 Å². The SMILES string of the molecule is C=CCc1ccc(O)c(-c2cc(CC=C)ccc2O)c1.C=CCc1ccc(O)c(-c2cc(CC=C)ccc2OCBr)c1.C=CCc1ccc(O)c(-c2cc(CC=C)ccc2OC[P+](c2ccc(Cl)cc2)(c2ccc(Cl)cc2)c2ccc(Cl)cc2)c1.CCBr. The van der Waals surface area contributed by atoms with Crippen LogP contribution >= 0.6 is 73.9 Å².